The molecule has 10 heteroatoms. The van der Waals surface area contributed by atoms with Crippen molar-refractivity contribution in [3.63, 3.8) is 0 Å². The summed E-state index contributed by atoms with van der Waals surface area (Å²) in [5.41, 5.74) is 1.52. The maximum absolute atomic E-state index is 12.1. The number of urea groups is 1. The van der Waals surface area contributed by atoms with Crippen LogP contribution in [-0.4, -0.2) is 44.9 Å². The second-order valence-corrected chi connectivity index (χ2v) is 6.94. The third kappa shape index (κ3) is 5.04. The van der Waals surface area contributed by atoms with Crippen molar-refractivity contribution >= 4 is 17.8 Å². The van der Waals surface area contributed by atoms with Crippen molar-refractivity contribution < 1.29 is 23.2 Å². The third-order valence-electron chi connectivity index (χ3n) is 4.65. The van der Waals surface area contributed by atoms with Gasteiger partial charge in [0.15, 0.2) is 0 Å². The first-order chi connectivity index (χ1) is 16.2. The van der Waals surface area contributed by atoms with Crippen molar-refractivity contribution in [1.29, 1.82) is 0 Å². The first-order valence-electron chi connectivity index (χ1n) is 11.1. The lowest BCUT2D eigenvalue weighted by Gasteiger charge is -2.12. The Bertz CT molecular complexity index is 1210. The Morgan fingerprint density at radius 2 is 2.26 bits per heavy atom. The summed E-state index contributed by atoms with van der Waals surface area (Å²) in [6.45, 7) is 0.149. The number of hydrogen-bond donors (Lipinski definition) is 2. The minimum atomic E-state index is -2.37. The van der Waals surface area contributed by atoms with E-state index in [0.29, 0.717) is 48.1 Å². The number of anilines is 1. The van der Waals surface area contributed by atoms with E-state index in [1.165, 1.54) is 18.6 Å². The summed E-state index contributed by atoms with van der Waals surface area (Å²) in [7, 11) is 0. The number of carbonyl (C=O) groups is 2. The second-order valence-electron chi connectivity index (χ2n) is 6.94. The number of aromatic nitrogens is 4. The number of aryl methyl sites for hydroxylation is 2. The van der Waals surface area contributed by atoms with E-state index in [1.54, 1.807) is 31.2 Å². The Balaban J connectivity index is 1.41. The minimum Gasteiger partial charge on any atom is -0.455 e. The van der Waals surface area contributed by atoms with Crippen LogP contribution in [0.4, 0.5) is 10.6 Å². The Morgan fingerprint density at radius 1 is 1.35 bits per heavy atom. The van der Waals surface area contributed by atoms with Crippen molar-refractivity contribution in [3.8, 4) is 22.8 Å². The third-order valence-corrected chi connectivity index (χ3v) is 4.65. The number of imide groups is 1. The standard InChI is InChI=1S/C21H22N6O4/c1-13-18(31-16-5-7-22-17(9-16)15-10-23-27(2)11-15)3-4-19(24-13)25-21(29)26-20(28)14-6-8-30-12-14/h3-5,7,9-11,14H,6,8,12H2,1-2H3,(H2,24,25,26,28,29)/i2D3. The number of rotatable bonds is 5. The van der Waals surface area contributed by atoms with Crippen molar-refractivity contribution in [2.45, 2.75) is 13.3 Å². The number of carbonyl (C=O) groups excluding carboxylic acids is 2. The first-order valence-corrected chi connectivity index (χ1v) is 9.56. The summed E-state index contributed by atoms with van der Waals surface area (Å²) in [5, 5.41) is 8.68. The number of hydrogen-bond acceptors (Lipinski definition) is 7. The number of amides is 3. The lowest BCUT2D eigenvalue weighted by molar-refractivity contribution is -0.123. The summed E-state index contributed by atoms with van der Waals surface area (Å²) in [5.74, 6) is 0.444. The fourth-order valence-electron chi connectivity index (χ4n) is 3.04. The maximum atomic E-state index is 12.1. The summed E-state index contributed by atoms with van der Waals surface area (Å²) in [6.07, 6.45) is 4.93. The lowest BCUT2D eigenvalue weighted by atomic mass is 10.1. The molecule has 0 spiro atoms. The predicted octanol–water partition coefficient (Wildman–Crippen LogP) is 2.66. The molecule has 0 aliphatic carbocycles. The van der Waals surface area contributed by atoms with E-state index in [2.05, 4.69) is 25.7 Å². The SMILES string of the molecule is [2H]C([2H])([2H])n1cc(-c2cc(Oc3ccc(NC(=O)NC(=O)C4CCOC4)nc3C)ccn2)cn1. The summed E-state index contributed by atoms with van der Waals surface area (Å²) >= 11 is 0. The van der Waals surface area contributed by atoms with Gasteiger partial charge in [0.1, 0.15) is 17.3 Å². The zero-order valence-corrected chi connectivity index (χ0v) is 16.7. The zero-order chi connectivity index (χ0) is 24.3. The lowest BCUT2D eigenvalue weighted by Crippen LogP contribution is -2.38. The molecule has 2 N–H and O–H groups in total. The monoisotopic (exact) mass is 425 g/mol. The van der Waals surface area contributed by atoms with Gasteiger partial charge in [-0.1, -0.05) is 0 Å². The van der Waals surface area contributed by atoms with E-state index < -0.39 is 13.0 Å². The molecule has 31 heavy (non-hydrogen) atoms. The van der Waals surface area contributed by atoms with E-state index in [9.17, 15) is 9.59 Å². The van der Waals surface area contributed by atoms with Gasteiger partial charge in [0.25, 0.3) is 0 Å². The average molecular weight is 425 g/mol. The van der Waals surface area contributed by atoms with Crippen molar-refractivity contribution in [3.05, 3.63) is 48.5 Å². The molecule has 1 aliphatic rings. The molecule has 4 heterocycles. The molecule has 1 unspecified atom stereocenters. The van der Waals surface area contributed by atoms with Crippen molar-refractivity contribution in [2.75, 3.05) is 18.5 Å². The van der Waals surface area contributed by atoms with E-state index in [0.717, 1.165) is 4.68 Å². The molecule has 160 valence electrons. The highest BCUT2D eigenvalue weighted by atomic mass is 16.5. The molecule has 3 aromatic heterocycles. The van der Waals surface area contributed by atoms with Crippen LogP contribution < -0.4 is 15.4 Å². The van der Waals surface area contributed by atoms with Gasteiger partial charge in [0.2, 0.25) is 5.91 Å². The van der Waals surface area contributed by atoms with Crippen LogP contribution >= 0.6 is 0 Å². The van der Waals surface area contributed by atoms with Gasteiger partial charge >= 0.3 is 6.03 Å². The molecule has 3 aromatic rings. The Hall–Kier alpha value is -3.79. The molecule has 10 nitrogen and oxygen atoms in total. The predicted molar refractivity (Wildman–Crippen MR) is 112 cm³/mol. The Labute approximate surface area is 182 Å². The van der Waals surface area contributed by atoms with Gasteiger partial charge in [-0.05, 0) is 31.5 Å². The van der Waals surface area contributed by atoms with Crippen LogP contribution in [0, 0.1) is 12.8 Å². The molecule has 3 amide bonds. The van der Waals surface area contributed by atoms with Crippen LogP contribution in [0.5, 0.6) is 11.5 Å². The van der Waals surface area contributed by atoms with Crippen LogP contribution in [0.2, 0.25) is 0 Å². The average Bonchev–Trinajstić information content (AvgIpc) is 3.48. The van der Waals surface area contributed by atoms with E-state index in [1.807, 2.05) is 0 Å². The molecular weight excluding hydrogens is 400 g/mol. The number of pyridine rings is 2. The second kappa shape index (κ2) is 8.92. The summed E-state index contributed by atoms with van der Waals surface area (Å²) in [4.78, 5) is 32.7. The van der Waals surface area contributed by atoms with Gasteiger partial charge in [-0.15, -0.1) is 0 Å². The number of nitrogens with zero attached hydrogens (tertiary/aromatic N) is 4. The van der Waals surface area contributed by atoms with E-state index in [4.69, 9.17) is 13.6 Å². The Kier molecular flexibility index (Phi) is 4.88. The van der Waals surface area contributed by atoms with Crippen LogP contribution in [0.1, 0.15) is 16.2 Å². The fourth-order valence-corrected chi connectivity index (χ4v) is 3.04. The highest BCUT2D eigenvalue weighted by molar-refractivity contribution is 6.01. The summed E-state index contributed by atoms with van der Waals surface area (Å²) < 4.78 is 34.2. The fraction of sp³-hybridized carbons (Fsp3) is 0.286. The molecule has 1 fully saturated rings. The van der Waals surface area contributed by atoms with Crippen LogP contribution in [-0.2, 0) is 16.5 Å². The van der Waals surface area contributed by atoms with E-state index >= 15 is 0 Å². The quantitative estimate of drug-likeness (QED) is 0.645. The number of nitrogens with one attached hydrogen (secondary N) is 2. The molecule has 1 aliphatic heterocycles. The van der Waals surface area contributed by atoms with Gasteiger partial charge in [-0.25, -0.2) is 9.78 Å². The van der Waals surface area contributed by atoms with Crippen molar-refractivity contribution in [1.82, 2.24) is 25.1 Å². The molecule has 0 saturated carbocycles. The van der Waals surface area contributed by atoms with Crippen LogP contribution in [0.15, 0.2) is 42.9 Å². The van der Waals surface area contributed by atoms with Gasteiger partial charge in [0.05, 0.1) is 30.1 Å². The highest BCUT2D eigenvalue weighted by Crippen LogP contribution is 2.27. The van der Waals surface area contributed by atoms with Gasteiger partial charge in [0, 0.05) is 41.7 Å². The Morgan fingerprint density at radius 3 is 3.00 bits per heavy atom. The minimum absolute atomic E-state index is 0.255. The first kappa shape index (κ1) is 16.9. The molecule has 1 atom stereocenters. The van der Waals surface area contributed by atoms with Gasteiger partial charge in [-0.2, -0.15) is 5.10 Å². The molecule has 4 rings (SSSR count). The molecular formula is C21H22N6O4. The topological polar surface area (TPSA) is 120 Å². The molecule has 1 saturated heterocycles. The van der Waals surface area contributed by atoms with E-state index in [-0.39, 0.29) is 17.6 Å². The zero-order valence-electron chi connectivity index (χ0n) is 19.7. The smallest absolute Gasteiger partial charge is 0.327 e. The summed E-state index contributed by atoms with van der Waals surface area (Å²) in [6, 6.07) is 5.81. The van der Waals surface area contributed by atoms with Gasteiger partial charge in [-0.3, -0.25) is 25.1 Å². The largest absolute Gasteiger partial charge is 0.455 e. The molecule has 0 bridgehead atoms. The van der Waals surface area contributed by atoms with Crippen molar-refractivity contribution in [2.24, 2.45) is 12.9 Å². The van der Waals surface area contributed by atoms with Crippen LogP contribution in [0.25, 0.3) is 11.3 Å². The highest BCUT2D eigenvalue weighted by Gasteiger charge is 2.25. The molecule has 0 aromatic carbocycles. The van der Waals surface area contributed by atoms with Gasteiger partial charge < -0.3 is 9.47 Å². The normalized spacial score (nSPS) is 17.3. The molecule has 0 radical (unpaired) electrons. The maximum Gasteiger partial charge on any atom is 0.327 e. The number of ether oxygens (including phenoxy) is 2. The van der Waals surface area contributed by atoms with Crippen LogP contribution in [0.3, 0.4) is 0 Å².